The number of aryl methyl sites for hydroxylation is 2. The van der Waals surface area contributed by atoms with Gasteiger partial charge in [-0.05, 0) is 75.3 Å². The maximum atomic E-state index is 13.5. The molecular formula is C27H34FN3O. The van der Waals surface area contributed by atoms with Crippen LogP contribution in [0.3, 0.4) is 0 Å². The second kappa shape index (κ2) is 8.51. The van der Waals surface area contributed by atoms with Crippen molar-refractivity contribution in [2.24, 2.45) is 0 Å². The number of carbonyl (C=O) groups excluding carboxylic acids is 1. The highest BCUT2D eigenvalue weighted by Crippen LogP contribution is 2.41. The maximum absolute atomic E-state index is 13.5. The Labute approximate surface area is 190 Å². The van der Waals surface area contributed by atoms with E-state index in [2.05, 4.69) is 47.2 Å². The van der Waals surface area contributed by atoms with Crippen molar-refractivity contribution >= 4 is 11.6 Å². The highest BCUT2D eigenvalue weighted by molar-refractivity contribution is 5.93. The number of hydrogen-bond donors (Lipinski definition) is 1. The van der Waals surface area contributed by atoms with E-state index in [1.54, 1.807) is 12.1 Å². The molecule has 1 N–H and O–H groups in total. The number of benzene rings is 2. The molecule has 1 aliphatic carbocycles. The molecule has 3 aliphatic rings. The molecule has 3 fully saturated rings. The third kappa shape index (κ3) is 3.81. The van der Waals surface area contributed by atoms with Gasteiger partial charge in [0.1, 0.15) is 11.4 Å². The zero-order chi connectivity index (χ0) is 22.3. The number of hydrogen-bond acceptors (Lipinski definition) is 3. The summed E-state index contributed by atoms with van der Waals surface area (Å²) < 4.78 is 13.5. The van der Waals surface area contributed by atoms with Crippen molar-refractivity contribution in [1.82, 2.24) is 10.2 Å². The Hall–Kier alpha value is -2.40. The molecule has 0 bridgehead atoms. The highest BCUT2D eigenvalue weighted by atomic mass is 19.1. The lowest BCUT2D eigenvalue weighted by Gasteiger charge is -2.48. The fourth-order valence-corrected chi connectivity index (χ4v) is 6.43. The zero-order valence-corrected chi connectivity index (χ0v) is 19.2. The molecule has 1 amide bonds. The van der Waals surface area contributed by atoms with E-state index in [9.17, 15) is 9.18 Å². The summed E-state index contributed by atoms with van der Waals surface area (Å²) in [7, 11) is 0. The number of piperidine rings is 1. The van der Waals surface area contributed by atoms with Crippen LogP contribution in [0.4, 0.5) is 10.1 Å². The van der Waals surface area contributed by atoms with Crippen LogP contribution in [0, 0.1) is 19.7 Å². The lowest BCUT2D eigenvalue weighted by molar-refractivity contribution is -0.125. The van der Waals surface area contributed by atoms with Crippen LogP contribution in [0.2, 0.25) is 0 Å². The Bertz CT molecular complexity index is 961. The number of likely N-dealkylation sites (tertiary alicyclic amines) is 1. The van der Waals surface area contributed by atoms with Crippen molar-refractivity contribution in [3.05, 3.63) is 65.0 Å². The molecule has 2 heterocycles. The molecule has 5 heteroatoms. The summed E-state index contributed by atoms with van der Waals surface area (Å²) in [6.07, 6.45) is 6.69. The van der Waals surface area contributed by atoms with Gasteiger partial charge in [0.15, 0.2) is 0 Å². The van der Waals surface area contributed by atoms with Gasteiger partial charge in [-0.2, -0.15) is 0 Å². The number of nitrogens with one attached hydrogen (secondary N) is 1. The first-order chi connectivity index (χ1) is 15.5. The molecule has 4 nitrogen and oxygen atoms in total. The van der Waals surface area contributed by atoms with Gasteiger partial charge in [0.25, 0.3) is 0 Å². The summed E-state index contributed by atoms with van der Waals surface area (Å²) in [4.78, 5) is 17.8. The standard InChI is InChI=1S/C27H34FN3O/c1-19-15-20(2)17-21(16-19)24-5-3-4-6-25(24)30-13-11-27(12-14-30)26(32)29-18-31(27)23-9-7-22(28)8-10-23/h7-10,15-17,24-25H,3-6,11-14,18H2,1-2H3,(H,29,32)/t24-,25-/m1/s1. The molecule has 170 valence electrons. The van der Waals surface area contributed by atoms with E-state index in [0.717, 1.165) is 31.6 Å². The van der Waals surface area contributed by atoms with E-state index >= 15 is 0 Å². The Balaban J connectivity index is 1.35. The minimum atomic E-state index is -0.515. The van der Waals surface area contributed by atoms with E-state index in [4.69, 9.17) is 0 Å². The fourth-order valence-electron chi connectivity index (χ4n) is 6.43. The van der Waals surface area contributed by atoms with Crippen LogP contribution in [0.1, 0.15) is 61.1 Å². The van der Waals surface area contributed by atoms with Crippen LogP contribution in [-0.4, -0.2) is 42.1 Å². The molecule has 0 aromatic heterocycles. The van der Waals surface area contributed by atoms with Gasteiger partial charge in [0.2, 0.25) is 5.91 Å². The molecule has 0 radical (unpaired) electrons. The maximum Gasteiger partial charge on any atom is 0.247 e. The monoisotopic (exact) mass is 435 g/mol. The fraction of sp³-hybridized carbons (Fsp3) is 0.519. The Morgan fingerprint density at radius 1 is 0.969 bits per heavy atom. The predicted molar refractivity (Wildman–Crippen MR) is 126 cm³/mol. The number of nitrogens with zero attached hydrogens (tertiary/aromatic N) is 2. The molecule has 1 spiro atoms. The molecule has 32 heavy (non-hydrogen) atoms. The summed E-state index contributed by atoms with van der Waals surface area (Å²) in [5.41, 5.74) is 4.58. The second-order valence-corrected chi connectivity index (χ2v) is 10.0. The van der Waals surface area contributed by atoms with Gasteiger partial charge in [-0.3, -0.25) is 9.69 Å². The molecular weight excluding hydrogens is 401 g/mol. The third-order valence-electron chi connectivity index (χ3n) is 7.97. The molecule has 1 saturated carbocycles. The molecule has 2 aromatic rings. The molecule has 0 unspecified atom stereocenters. The van der Waals surface area contributed by atoms with Crippen LogP contribution in [0.15, 0.2) is 42.5 Å². The minimum absolute atomic E-state index is 0.121. The first kappa shape index (κ1) is 21.4. The van der Waals surface area contributed by atoms with E-state index in [1.165, 1.54) is 54.5 Å². The molecule has 5 rings (SSSR count). The van der Waals surface area contributed by atoms with E-state index in [0.29, 0.717) is 18.6 Å². The number of amides is 1. The third-order valence-corrected chi connectivity index (χ3v) is 7.97. The average Bonchev–Trinajstić information content (AvgIpc) is 3.10. The summed E-state index contributed by atoms with van der Waals surface area (Å²) in [6.45, 7) is 6.75. The molecule has 2 aliphatic heterocycles. The van der Waals surface area contributed by atoms with Gasteiger partial charge < -0.3 is 10.2 Å². The summed E-state index contributed by atoms with van der Waals surface area (Å²) in [6, 6.07) is 14.1. The van der Waals surface area contributed by atoms with E-state index in [-0.39, 0.29) is 11.7 Å². The second-order valence-electron chi connectivity index (χ2n) is 10.0. The normalized spacial score (nSPS) is 25.8. The smallest absolute Gasteiger partial charge is 0.247 e. The summed E-state index contributed by atoms with van der Waals surface area (Å²) in [5.74, 6) is 0.448. The number of halogens is 1. The number of rotatable bonds is 3. The van der Waals surface area contributed by atoms with Gasteiger partial charge >= 0.3 is 0 Å². The molecule has 2 saturated heterocycles. The Morgan fingerprint density at radius 3 is 2.31 bits per heavy atom. The highest BCUT2D eigenvalue weighted by Gasteiger charge is 2.51. The zero-order valence-electron chi connectivity index (χ0n) is 19.2. The Kier molecular flexibility index (Phi) is 5.70. The van der Waals surface area contributed by atoms with Crippen molar-refractivity contribution in [2.75, 3.05) is 24.7 Å². The lowest BCUT2D eigenvalue weighted by Crippen LogP contribution is -2.58. The van der Waals surface area contributed by atoms with Crippen LogP contribution in [-0.2, 0) is 4.79 Å². The minimum Gasteiger partial charge on any atom is -0.339 e. The Morgan fingerprint density at radius 2 is 1.62 bits per heavy atom. The molecule has 2 aromatic carbocycles. The van der Waals surface area contributed by atoms with E-state index in [1.807, 2.05) is 0 Å². The van der Waals surface area contributed by atoms with Gasteiger partial charge in [0.05, 0.1) is 6.67 Å². The largest absolute Gasteiger partial charge is 0.339 e. The van der Waals surface area contributed by atoms with Crippen molar-refractivity contribution < 1.29 is 9.18 Å². The van der Waals surface area contributed by atoms with Gasteiger partial charge in [0, 0.05) is 24.8 Å². The van der Waals surface area contributed by atoms with Crippen molar-refractivity contribution in [2.45, 2.75) is 69.9 Å². The topological polar surface area (TPSA) is 35.6 Å². The first-order valence-corrected chi connectivity index (χ1v) is 12.1. The average molecular weight is 436 g/mol. The molecule has 2 atom stereocenters. The van der Waals surface area contributed by atoms with E-state index < -0.39 is 5.54 Å². The van der Waals surface area contributed by atoms with Crippen molar-refractivity contribution in [3.63, 3.8) is 0 Å². The quantitative estimate of drug-likeness (QED) is 0.745. The van der Waals surface area contributed by atoms with Crippen LogP contribution >= 0.6 is 0 Å². The predicted octanol–water partition coefficient (Wildman–Crippen LogP) is 4.90. The SMILES string of the molecule is Cc1cc(C)cc([C@H]2CCCC[C@H]2N2CCC3(CC2)C(=O)NCN3c2ccc(F)cc2)c1. The lowest BCUT2D eigenvalue weighted by atomic mass is 9.76. The first-order valence-electron chi connectivity index (χ1n) is 12.1. The van der Waals surface area contributed by atoms with Gasteiger partial charge in [-0.25, -0.2) is 4.39 Å². The van der Waals surface area contributed by atoms with Crippen LogP contribution < -0.4 is 10.2 Å². The number of carbonyl (C=O) groups is 1. The van der Waals surface area contributed by atoms with Gasteiger partial charge in [-0.15, -0.1) is 0 Å². The summed E-state index contributed by atoms with van der Waals surface area (Å²) in [5, 5.41) is 3.06. The van der Waals surface area contributed by atoms with Gasteiger partial charge in [-0.1, -0.05) is 42.2 Å². The summed E-state index contributed by atoms with van der Waals surface area (Å²) >= 11 is 0. The van der Waals surface area contributed by atoms with Crippen LogP contribution in [0.25, 0.3) is 0 Å². The number of anilines is 1. The van der Waals surface area contributed by atoms with Crippen molar-refractivity contribution in [3.8, 4) is 0 Å². The van der Waals surface area contributed by atoms with Crippen molar-refractivity contribution in [1.29, 1.82) is 0 Å². The van der Waals surface area contributed by atoms with Crippen LogP contribution in [0.5, 0.6) is 0 Å².